The first kappa shape index (κ1) is 17.2. The summed E-state index contributed by atoms with van der Waals surface area (Å²) < 4.78 is 0.990. The van der Waals surface area contributed by atoms with Crippen LogP contribution in [-0.4, -0.2) is 45.0 Å². The summed E-state index contributed by atoms with van der Waals surface area (Å²) in [5, 5.41) is 4.22. The van der Waals surface area contributed by atoms with E-state index in [1.165, 1.54) is 18.6 Å². The monoisotopic (exact) mass is 354 g/mol. The maximum absolute atomic E-state index is 4.98. The van der Waals surface area contributed by atoms with Gasteiger partial charge in [0.25, 0.3) is 0 Å². The molecule has 0 bridgehead atoms. The van der Waals surface area contributed by atoms with Gasteiger partial charge in [-0.25, -0.2) is 0 Å². The highest BCUT2D eigenvalue weighted by atomic mass is 127. The zero-order valence-corrected chi connectivity index (χ0v) is 14.2. The van der Waals surface area contributed by atoms with Gasteiger partial charge >= 0.3 is 0 Å². The van der Waals surface area contributed by atoms with Crippen LogP contribution in [0.2, 0.25) is 0 Å². The van der Waals surface area contributed by atoms with Crippen molar-refractivity contribution in [2.45, 2.75) is 33.1 Å². The lowest BCUT2D eigenvalue weighted by atomic mass is 9.71. The quantitative estimate of drug-likeness (QED) is 0.381. The molecule has 1 atom stereocenters. The summed E-state index contributed by atoms with van der Waals surface area (Å²) in [6.07, 6.45) is 3.54. The molecule has 1 saturated carbocycles. The first-order valence-corrected chi connectivity index (χ1v) is 6.14. The molecule has 1 aliphatic rings. The van der Waals surface area contributed by atoms with E-state index in [1.54, 1.807) is 7.11 Å². The molecule has 17 heavy (non-hydrogen) atoms. The van der Waals surface area contributed by atoms with Crippen LogP contribution >= 0.6 is 0 Å². The Bertz CT molecular complexity index is 267. The molecule has 0 saturated heterocycles. The van der Waals surface area contributed by atoms with Gasteiger partial charge in [-0.1, -0.05) is 19.0 Å². The Kier molecular flexibility index (Phi) is 6.42. The largest absolute Gasteiger partial charge is 1.00 e. The van der Waals surface area contributed by atoms with Gasteiger partial charge in [-0.2, -0.15) is 0 Å². The van der Waals surface area contributed by atoms with E-state index in [9.17, 15) is 0 Å². The summed E-state index contributed by atoms with van der Waals surface area (Å²) in [4.78, 5) is 4.98. The Morgan fingerprint density at radius 1 is 1.35 bits per heavy atom. The van der Waals surface area contributed by atoms with Crippen LogP contribution < -0.4 is 24.0 Å². The smallest absolute Gasteiger partial charge is 0.106 e. The highest BCUT2D eigenvalue weighted by Crippen LogP contribution is 2.37. The first-order chi connectivity index (χ1) is 7.23. The van der Waals surface area contributed by atoms with E-state index in [2.05, 4.69) is 40.1 Å². The average Bonchev–Trinajstić information content (AvgIpc) is 2.06. The van der Waals surface area contributed by atoms with Gasteiger partial charge in [-0.05, 0) is 24.7 Å². The lowest BCUT2D eigenvalue weighted by Gasteiger charge is -2.38. The number of hydrogen-bond donors (Lipinski definition) is 0. The Hall–Kier alpha value is 0.160. The fraction of sp³-hybridized carbons (Fsp3) is 0.923. The molecule has 102 valence electrons. The molecule has 0 aromatic carbocycles. The van der Waals surface area contributed by atoms with Crippen molar-refractivity contribution < 1.29 is 33.3 Å². The summed E-state index contributed by atoms with van der Waals surface area (Å²) in [6, 6.07) is 0. The minimum absolute atomic E-state index is 0. The van der Waals surface area contributed by atoms with Crippen LogP contribution in [0.5, 0.6) is 0 Å². The maximum atomic E-state index is 4.98. The Morgan fingerprint density at radius 2 is 1.94 bits per heavy atom. The highest BCUT2D eigenvalue weighted by molar-refractivity contribution is 5.87. The molecule has 0 radical (unpaired) electrons. The van der Waals surface area contributed by atoms with Crippen LogP contribution in [0, 0.1) is 11.3 Å². The molecule has 1 aliphatic carbocycles. The molecular formula is C13H27IN2O. The molecule has 1 fully saturated rings. The Balaban J connectivity index is 0.00000256. The molecule has 1 unspecified atom stereocenters. The van der Waals surface area contributed by atoms with Crippen LogP contribution in [0.3, 0.4) is 0 Å². The minimum Gasteiger partial charge on any atom is -1.00 e. The summed E-state index contributed by atoms with van der Waals surface area (Å²) in [5.74, 6) is 0.573. The molecular weight excluding hydrogens is 327 g/mol. The molecule has 0 N–H and O–H groups in total. The molecule has 0 spiro atoms. The fourth-order valence-electron chi connectivity index (χ4n) is 2.63. The fourth-order valence-corrected chi connectivity index (χ4v) is 2.63. The Morgan fingerprint density at radius 3 is 2.41 bits per heavy atom. The van der Waals surface area contributed by atoms with Gasteiger partial charge in [0.15, 0.2) is 0 Å². The van der Waals surface area contributed by atoms with Crippen molar-refractivity contribution in [2.75, 3.05) is 34.8 Å². The first-order valence-electron chi connectivity index (χ1n) is 6.14. The van der Waals surface area contributed by atoms with Crippen molar-refractivity contribution in [1.82, 2.24) is 0 Å². The number of nitrogens with zero attached hydrogens (tertiary/aromatic N) is 2. The molecule has 0 aromatic heterocycles. The van der Waals surface area contributed by atoms with Crippen molar-refractivity contribution >= 4 is 5.71 Å². The lowest BCUT2D eigenvalue weighted by molar-refractivity contribution is -0.872. The normalized spacial score (nSPS) is 26.5. The number of rotatable bonds is 3. The van der Waals surface area contributed by atoms with E-state index in [1.807, 2.05) is 0 Å². The second kappa shape index (κ2) is 6.36. The van der Waals surface area contributed by atoms with Crippen LogP contribution in [0.1, 0.15) is 33.1 Å². The number of hydrogen-bond acceptors (Lipinski definition) is 2. The van der Waals surface area contributed by atoms with Gasteiger partial charge in [0.1, 0.15) is 7.11 Å². The van der Waals surface area contributed by atoms with Crippen LogP contribution in [-0.2, 0) is 4.84 Å². The van der Waals surface area contributed by atoms with E-state index in [0.29, 0.717) is 11.3 Å². The zero-order chi connectivity index (χ0) is 12.4. The van der Waals surface area contributed by atoms with Crippen molar-refractivity contribution in [3.8, 4) is 0 Å². The third-order valence-electron chi connectivity index (χ3n) is 3.30. The summed E-state index contributed by atoms with van der Waals surface area (Å²) in [6.45, 7) is 5.87. The van der Waals surface area contributed by atoms with Gasteiger partial charge in [-0.3, -0.25) is 0 Å². The van der Waals surface area contributed by atoms with E-state index < -0.39 is 0 Å². The second-order valence-corrected chi connectivity index (χ2v) is 6.80. The zero-order valence-electron chi connectivity index (χ0n) is 12.1. The van der Waals surface area contributed by atoms with Crippen molar-refractivity contribution in [3.63, 3.8) is 0 Å². The number of quaternary nitrogens is 1. The van der Waals surface area contributed by atoms with Crippen LogP contribution in [0.4, 0.5) is 0 Å². The van der Waals surface area contributed by atoms with E-state index in [0.717, 1.165) is 17.4 Å². The van der Waals surface area contributed by atoms with Crippen LogP contribution in [0.25, 0.3) is 0 Å². The van der Waals surface area contributed by atoms with E-state index in [4.69, 9.17) is 4.84 Å². The molecule has 4 heteroatoms. The van der Waals surface area contributed by atoms with Crippen molar-refractivity contribution in [2.24, 2.45) is 16.5 Å². The maximum Gasteiger partial charge on any atom is 0.106 e. The predicted molar refractivity (Wildman–Crippen MR) is 68.5 cm³/mol. The minimum atomic E-state index is 0. The van der Waals surface area contributed by atoms with Gasteiger partial charge in [0.2, 0.25) is 0 Å². The summed E-state index contributed by atoms with van der Waals surface area (Å²) in [7, 11) is 8.37. The highest BCUT2D eigenvalue weighted by Gasteiger charge is 2.35. The van der Waals surface area contributed by atoms with Gasteiger partial charge < -0.3 is 33.3 Å². The predicted octanol–water partition coefficient (Wildman–Crippen LogP) is -0.475. The van der Waals surface area contributed by atoms with E-state index in [-0.39, 0.29) is 24.0 Å². The number of oxime groups is 1. The standard InChI is InChI=1S/C13H27N2O.HI/c1-13(2)8-7-12(14-16-6)11(9-13)10-15(3,4)5;/h11H,7-10H2,1-6H3;1H/q+1;/p-1. The summed E-state index contributed by atoms with van der Waals surface area (Å²) >= 11 is 0. The van der Waals surface area contributed by atoms with Gasteiger partial charge in [0, 0.05) is 0 Å². The van der Waals surface area contributed by atoms with Gasteiger partial charge in [-0.15, -0.1) is 0 Å². The Labute approximate surface area is 123 Å². The average molecular weight is 354 g/mol. The molecule has 0 aliphatic heterocycles. The topological polar surface area (TPSA) is 21.6 Å². The molecule has 0 aromatic rings. The van der Waals surface area contributed by atoms with E-state index >= 15 is 0 Å². The molecule has 1 rings (SSSR count). The van der Waals surface area contributed by atoms with Crippen LogP contribution in [0.15, 0.2) is 5.16 Å². The SMILES string of the molecule is CON=C1CCC(C)(C)CC1C[N+](C)(C)C.[I-]. The van der Waals surface area contributed by atoms with Gasteiger partial charge in [0.05, 0.1) is 39.3 Å². The summed E-state index contributed by atoms with van der Waals surface area (Å²) in [5.41, 5.74) is 1.71. The van der Waals surface area contributed by atoms with Crippen molar-refractivity contribution in [3.05, 3.63) is 0 Å². The molecule has 3 nitrogen and oxygen atoms in total. The lowest BCUT2D eigenvalue weighted by Crippen LogP contribution is -3.00. The number of halogens is 1. The van der Waals surface area contributed by atoms with Crippen molar-refractivity contribution in [1.29, 1.82) is 0 Å². The molecule has 0 amide bonds. The third kappa shape index (κ3) is 6.04. The third-order valence-corrected chi connectivity index (χ3v) is 3.30. The molecule has 0 heterocycles. The second-order valence-electron chi connectivity index (χ2n) is 6.80.